The zero-order valence-electron chi connectivity index (χ0n) is 15.9. The summed E-state index contributed by atoms with van der Waals surface area (Å²) in [5.74, 6) is 0.815. The van der Waals surface area contributed by atoms with Gasteiger partial charge >= 0.3 is 6.03 Å². The van der Waals surface area contributed by atoms with Gasteiger partial charge in [0.25, 0.3) is 0 Å². The largest absolute Gasteiger partial charge is 0.338 e. The summed E-state index contributed by atoms with van der Waals surface area (Å²) in [6.45, 7) is 9.03. The number of hydrogen-bond acceptors (Lipinski definition) is 6. The van der Waals surface area contributed by atoms with Crippen LogP contribution in [0.2, 0.25) is 0 Å². The first-order valence-corrected chi connectivity index (χ1v) is 10.4. The van der Waals surface area contributed by atoms with E-state index in [0.717, 1.165) is 45.1 Å². The first-order valence-electron chi connectivity index (χ1n) is 9.55. The highest BCUT2D eigenvalue weighted by atomic mass is 32.1. The van der Waals surface area contributed by atoms with E-state index in [0.29, 0.717) is 19.6 Å². The van der Waals surface area contributed by atoms with Crippen LogP contribution in [-0.2, 0) is 6.54 Å². The molecule has 2 amide bonds. The van der Waals surface area contributed by atoms with Crippen LogP contribution in [0.25, 0.3) is 0 Å². The van der Waals surface area contributed by atoms with Crippen molar-refractivity contribution in [2.75, 3.05) is 50.7 Å². The number of nitrogens with zero attached hydrogens (tertiary/aromatic N) is 5. The number of aromatic nitrogens is 2. The average Bonchev–Trinajstić information content (AvgIpc) is 3.23. The molecule has 1 fully saturated rings. The van der Waals surface area contributed by atoms with Crippen molar-refractivity contribution < 1.29 is 4.79 Å². The van der Waals surface area contributed by atoms with Gasteiger partial charge in [0.2, 0.25) is 5.95 Å². The molecule has 0 atom stereocenters. The molecule has 0 saturated carbocycles. The Balaban J connectivity index is 1.31. The summed E-state index contributed by atoms with van der Waals surface area (Å²) in [5, 5.41) is 5.10. The number of rotatable bonds is 8. The van der Waals surface area contributed by atoms with Crippen molar-refractivity contribution in [1.82, 2.24) is 25.1 Å². The van der Waals surface area contributed by atoms with Gasteiger partial charge in [0, 0.05) is 56.5 Å². The molecule has 0 unspecified atom stereocenters. The summed E-state index contributed by atoms with van der Waals surface area (Å²) in [7, 11) is 0. The number of urea groups is 1. The number of thiophene rings is 1. The molecular weight excluding hydrogens is 360 g/mol. The molecule has 7 nitrogen and oxygen atoms in total. The molecule has 3 heterocycles. The quantitative estimate of drug-likeness (QED) is 0.703. The SMILES string of the molecule is CCN(Cc1cccs1)C(=O)NCCCN1CCN(c2ncccn2)CC1. The van der Waals surface area contributed by atoms with Crippen LogP contribution >= 0.6 is 11.3 Å². The molecule has 8 heteroatoms. The molecule has 2 aromatic heterocycles. The molecule has 0 bridgehead atoms. The minimum Gasteiger partial charge on any atom is -0.338 e. The maximum absolute atomic E-state index is 12.3. The molecule has 0 spiro atoms. The highest BCUT2D eigenvalue weighted by molar-refractivity contribution is 7.09. The number of carbonyl (C=O) groups excluding carboxylic acids is 1. The molecule has 0 aromatic carbocycles. The van der Waals surface area contributed by atoms with Crippen LogP contribution in [0.3, 0.4) is 0 Å². The lowest BCUT2D eigenvalue weighted by molar-refractivity contribution is 0.197. The minimum atomic E-state index is 0.0249. The summed E-state index contributed by atoms with van der Waals surface area (Å²) in [6, 6.07) is 5.96. The fourth-order valence-corrected chi connectivity index (χ4v) is 3.87. The van der Waals surface area contributed by atoms with E-state index in [4.69, 9.17) is 0 Å². The van der Waals surface area contributed by atoms with Crippen molar-refractivity contribution >= 4 is 23.3 Å². The predicted molar refractivity (Wildman–Crippen MR) is 109 cm³/mol. The molecule has 1 aliphatic heterocycles. The maximum Gasteiger partial charge on any atom is 0.317 e. The smallest absolute Gasteiger partial charge is 0.317 e. The van der Waals surface area contributed by atoms with E-state index in [1.165, 1.54) is 4.88 Å². The topological polar surface area (TPSA) is 64.6 Å². The average molecular weight is 389 g/mol. The molecule has 1 N–H and O–H groups in total. The molecular formula is C19H28N6OS. The zero-order chi connectivity index (χ0) is 18.9. The minimum absolute atomic E-state index is 0.0249. The van der Waals surface area contributed by atoms with Gasteiger partial charge in [-0.05, 0) is 37.4 Å². The Morgan fingerprint density at radius 1 is 1.22 bits per heavy atom. The van der Waals surface area contributed by atoms with Gasteiger partial charge in [0.15, 0.2) is 0 Å². The summed E-state index contributed by atoms with van der Waals surface area (Å²) in [6.07, 6.45) is 4.54. The summed E-state index contributed by atoms with van der Waals surface area (Å²) < 4.78 is 0. The van der Waals surface area contributed by atoms with E-state index in [-0.39, 0.29) is 6.03 Å². The molecule has 146 valence electrons. The van der Waals surface area contributed by atoms with E-state index in [1.807, 2.05) is 29.3 Å². The number of anilines is 1. The molecule has 0 radical (unpaired) electrons. The lowest BCUT2D eigenvalue weighted by atomic mass is 10.3. The van der Waals surface area contributed by atoms with Crippen LogP contribution in [0, 0.1) is 0 Å². The maximum atomic E-state index is 12.3. The molecule has 27 heavy (non-hydrogen) atoms. The van der Waals surface area contributed by atoms with E-state index < -0.39 is 0 Å². The predicted octanol–water partition coefficient (Wildman–Crippen LogP) is 2.28. The van der Waals surface area contributed by atoms with Gasteiger partial charge in [-0.15, -0.1) is 11.3 Å². The van der Waals surface area contributed by atoms with Gasteiger partial charge in [-0.3, -0.25) is 4.90 Å². The van der Waals surface area contributed by atoms with Crippen molar-refractivity contribution in [2.24, 2.45) is 0 Å². The highest BCUT2D eigenvalue weighted by Gasteiger charge is 2.18. The third kappa shape index (κ3) is 5.90. The fraction of sp³-hybridized carbons (Fsp3) is 0.526. The third-order valence-corrected chi connectivity index (χ3v) is 5.59. The van der Waals surface area contributed by atoms with Gasteiger partial charge in [0.05, 0.1) is 6.54 Å². The van der Waals surface area contributed by atoms with Crippen LogP contribution in [0.15, 0.2) is 36.0 Å². The summed E-state index contributed by atoms with van der Waals surface area (Å²) in [5.41, 5.74) is 0. The van der Waals surface area contributed by atoms with Gasteiger partial charge < -0.3 is 15.1 Å². The number of nitrogens with one attached hydrogen (secondary N) is 1. The number of hydrogen-bond donors (Lipinski definition) is 1. The number of amides is 2. The second-order valence-corrected chi connectivity index (χ2v) is 7.59. The first kappa shape index (κ1) is 19.6. The standard InChI is InChI=1S/C19H28N6OS/c1-2-24(16-17-6-3-15-27-17)19(26)22-9-5-10-23-11-13-25(14-12-23)18-20-7-4-8-21-18/h3-4,6-8,15H,2,5,9-14,16H2,1H3,(H,22,26). The monoisotopic (exact) mass is 388 g/mol. The highest BCUT2D eigenvalue weighted by Crippen LogP contribution is 2.12. The zero-order valence-corrected chi connectivity index (χ0v) is 16.7. The van der Waals surface area contributed by atoms with Crippen molar-refractivity contribution in [1.29, 1.82) is 0 Å². The Hall–Kier alpha value is -2.19. The van der Waals surface area contributed by atoms with Crippen molar-refractivity contribution in [2.45, 2.75) is 19.9 Å². The van der Waals surface area contributed by atoms with E-state index in [2.05, 4.69) is 31.2 Å². The molecule has 1 saturated heterocycles. The molecule has 0 aliphatic carbocycles. The number of carbonyl (C=O) groups is 1. The second-order valence-electron chi connectivity index (χ2n) is 6.56. The second kappa shape index (κ2) is 10.2. The lowest BCUT2D eigenvalue weighted by Crippen LogP contribution is -2.47. The van der Waals surface area contributed by atoms with Gasteiger partial charge in [0.1, 0.15) is 0 Å². The number of piperazine rings is 1. The van der Waals surface area contributed by atoms with Crippen LogP contribution in [0.1, 0.15) is 18.2 Å². The summed E-state index contributed by atoms with van der Waals surface area (Å²) in [4.78, 5) is 28.7. The van der Waals surface area contributed by atoms with Gasteiger partial charge in [-0.1, -0.05) is 6.07 Å². The first-order chi connectivity index (χ1) is 13.3. The third-order valence-electron chi connectivity index (χ3n) is 4.73. The van der Waals surface area contributed by atoms with Crippen LogP contribution < -0.4 is 10.2 Å². The molecule has 2 aromatic rings. The molecule has 3 rings (SSSR count). The normalized spacial score (nSPS) is 14.9. The Labute approximate surface area is 165 Å². The van der Waals surface area contributed by atoms with E-state index in [1.54, 1.807) is 23.7 Å². The van der Waals surface area contributed by atoms with Gasteiger partial charge in [-0.25, -0.2) is 14.8 Å². The van der Waals surface area contributed by atoms with Crippen LogP contribution in [0.4, 0.5) is 10.7 Å². The Bertz CT molecular complexity index is 673. The van der Waals surface area contributed by atoms with E-state index in [9.17, 15) is 4.79 Å². The van der Waals surface area contributed by atoms with Crippen molar-refractivity contribution in [3.63, 3.8) is 0 Å². The van der Waals surface area contributed by atoms with Crippen molar-refractivity contribution in [3.8, 4) is 0 Å². The van der Waals surface area contributed by atoms with E-state index >= 15 is 0 Å². The Morgan fingerprint density at radius 2 is 2.00 bits per heavy atom. The fourth-order valence-electron chi connectivity index (χ4n) is 3.15. The molecule has 1 aliphatic rings. The van der Waals surface area contributed by atoms with Crippen molar-refractivity contribution in [3.05, 3.63) is 40.8 Å². The van der Waals surface area contributed by atoms with Crippen LogP contribution in [-0.4, -0.2) is 71.6 Å². The van der Waals surface area contributed by atoms with Gasteiger partial charge in [-0.2, -0.15) is 0 Å². The lowest BCUT2D eigenvalue weighted by Gasteiger charge is -2.34. The Morgan fingerprint density at radius 3 is 2.67 bits per heavy atom. The van der Waals surface area contributed by atoms with Crippen LogP contribution in [0.5, 0.6) is 0 Å². The summed E-state index contributed by atoms with van der Waals surface area (Å²) >= 11 is 1.69. The Kier molecular flexibility index (Phi) is 7.41.